The largest absolute Gasteiger partial charge is 0.497 e. The highest BCUT2D eigenvalue weighted by molar-refractivity contribution is 5.98. The Hall–Kier alpha value is -3.35. The van der Waals surface area contributed by atoms with Gasteiger partial charge in [0, 0.05) is 5.69 Å². The van der Waals surface area contributed by atoms with E-state index in [2.05, 4.69) is 10.6 Å². The number of carboxylic acid groups (broad SMARTS) is 1. The van der Waals surface area contributed by atoms with Crippen molar-refractivity contribution >= 4 is 23.5 Å². The van der Waals surface area contributed by atoms with E-state index in [1.54, 1.807) is 31.4 Å². The minimum atomic E-state index is -1.09. The van der Waals surface area contributed by atoms with Crippen LogP contribution >= 0.6 is 0 Å². The first-order valence-electron chi connectivity index (χ1n) is 8.76. The fourth-order valence-corrected chi connectivity index (χ4v) is 2.55. The number of hydrogen-bond acceptors (Lipinski definition) is 4. The predicted octanol–water partition coefficient (Wildman–Crippen LogP) is 2.35. The summed E-state index contributed by atoms with van der Waals surface area (Å²) >= 11 is 0. The topological polar surface area (TPSA) is 105 Å². The van der Waals surface area contributed by atoms with Gasteiger partial charge in [0.1, 0.15) is 12.3 Å². The third-order valence-electron chi connectivity index (χ3n) is 4.39. The van der Waals surface area contributed by atoms with Crippen molar-refractivity contribution < 1.29 is 24.2 Å². The summed E-state index contributed by atoms with van der Waals surface area (Å²) < 4.78 is 5.15. The first-order chi connectivity index (χ1) is 13.2. The van der Waals surface area contributed by atoms with E-state index in [-0.39, 0.29) is 18.2 Å². The molecule has 148 valence electrons. The average Bonchev–Trinajstić information content (AvgIpc) is 2.68. The van der Waals surface area contributed by atoms with Gasteiger partial charge in [0.05, 0.1) is 18.9 Å². The van der Waals surface area contributed by atoms with Gasteiger partial charge in [-0.25, -0.2) is 0 Å². The molecule has 0 saturated heterocycles. The van der Waals surface area contributed by atoms with Gasteiger partial charge < -0.3 is 20.5 Å². The molecule has 2 aromatic rings. The van der Waals surface area contributed by atoms with Crippen molar-refractivity contribution in [2.45, 2.75) is 25.7 Å². The molecule has 2 aromatic carbocycles. The fourth-order valence-electron chi connectivity index (χ4n) is 2.55. The Morgan fingerprint density at radius 3 is 2.14 bits per heavy atom. The van der Waals surface area contributed by atoms with E-state index in [0.29, 0.717) is 5.69 Å². The molecular weight excluding hydrogens is 360 g/mol. The normalized spacial score (nSPS) is 10.8. The van der Waals surface area contributed by atoms with Gasteiger partial charge in [0.25, 0.3) is 0 Å². The van der Waals surface area contributed by atoms with Gasteiger partial charge in [0.15, 0.2) is 0 Å². The van der Waals surface area contributed by atoms with Crippen LogP contribution in [0.5, 0.6) is 5.75 Å². The van der Waals surface area contributed by atoms with E-state index >= 15 is 0 Å². The number of benzene rings is 2. The van der Waals surface area contributed by atoms with Crippen LogP contribution in [0.2, 0.25) is 0 Å². The second kappa shape index (κ2) is 9.03. The molecule has 0 aliphatic rings. The standard InChI is InChI=1S/C21H24N2O5/c1-21(2,15-6-10-17(28-3)11-7-15)20(27)23-16-8-4-14(5-9-16)12-18(24)22-13-19(25)26/h4-11H,12-13H2,1-3H3,(H,22,24)(H,23,27)(H,25,26). The molecule has 0 aromatic heterocycles. The lowest BCUT2D eigenvalue weighted by atomic mass is 9.83. The summed E-state index contributed by atoms with van der Waals surface area (Å²) in [5.74, 6) is -0.904. The maximum Gasteiger partial charge on any atom is 0.322 e. The highest BCUT2D eigenvalue weighted by atomic mass is 16.5. The zero-order valence-corrected chi connectivity index (χ0v) is 16.1. The molecule has 28 heavy (non-hydrogen) atoms. The van der Waals surface area contributed by atoms with Crippen LogP contribution in [-0.4, -0.2) is 36.5 Å². The van der Waals surface area contributed by atoms with E-state index < -0.39 is 17.9 Å². The van der Waals surface area contributed by atoms with Crippen LogP contribution in [0.4, 0.5) is 5.69 Å². The summed E-state index contributed by atoms with van der Waals surface area (Å²) in [6.07, 6.45) is 0.0683. The fraction of sp³-hybridized carbons (Fsp3) is 0.286. The van der Waals surface area contributed by atoms with Gasteiger partial charge in [-0.05, 0) is 49.2 Å². The number of ether oxygens (including phenoxy) is 1. The van der Waals surface area contributed by atoms with Crippen molar-refractivity contribution in [3.05, 3.63) is 59.7 Å². The molecule has 0 spiro atoms. The SMILES string of the molecule is COc1ccc(C(C)(C)C(=O)Nc2ccc(CC(=O)NCC(=O)O)cc2)cc1. The number of carbonyl (C=O) groups is 3. The zero-order chi connectivity index (χ0) is 20.7. The Balaban J connectivity index is 1.99. The van der Waals surface area contributed by atoms with Crippen LogP contribution in [0.15, 0.2) is 48.5 Å². The molecule has 0 aliphatic carbocycles. The van der Waals surface area contributed by atoms with E-state index in [0.717, 1.165) is 16.9 Å². The molecule has 7 heteroatoms. The van der Waals surface area contributed by atoms with Crippen molar-refractivity contribution in [2.75, 3.05) is 19.0 Å². The Bertz CT molecular complexity index is 842. The Morgan fingerprint density at radius 1 is 1.00 bits per heavy atom. The van der Waals surface area contributed by atoms with E-state index in [4.69, 9.17) is 9.84 Å². The van der Waals surface area contributed by atoms with Crippen LogP contribution in [0.3, 0.4) is 0 Å². The second-order valence-electron chi connectivity index (χ2n) is 6.85. The number of nitrogens with one attached hydrogen (secondary N) is 2. The molecule has 0 fully saturated rings. The van der Waals surface area contributed by atoms with Crippen LogP contribution in [-0.2, 0) is 26.2 Å². The molecule has 0 aliphatic heterocycles. The summed E-state index contributed by atoms with van der Waals surface area (Å²) in [5, 5.41) is 13.7. The number of carbonyl (C=O) groups excluding carboxylic acids is 2. The lowest BCUT2D eigenvalue weighted by Gasteiger charge is -2.24. The van der Waals surface area contributed by atoms with Crippen LogP contribution in [0.1, 0.15) is 25.0 Å². The number of carboxylic acids is 1. The Labute approximate surface area is 163 Å². The molecule has 0 unspecified atom stereocenters. The maximum atomic E-state index is 12.7. The number of amides is 2. The summed E-state index contributed by atoms with van der Waals surface area (Å²) in [4.78, 5) is 34.9. The highest BCUT2D eigenvalue weighted by Gasteiger charge is 2.29. The van der Waals surface area contributed by atoms with Gasteiger partial charge in [-0.1, -0.05) is 24.3 Å². The van der Waals surface area contributed by atoms with Crippen molar-refractivity contribution in [3.8, 4) is 5.75 Å². The number of aliphatic carboxylic acids is 1. The van der Waals surface area contributed by atoms with E-state index in [1.165, 1.54) is 0 Å². The van der Waals surface area contributed by atoms with Gasteiger partial charge in [0.2, 0.25) is 11.8 Å². The quantitative estimate of drug-likeness (QED) is 0.648. The first kappa shape index (κ1) is 21.0. The number of rotatable bonds is 8. The molecule has 0 atom stereocenters. The van der Waals surface area contributed by atoms with Crippen molar-refractivity contribution in [3.63, 3.8) is 0 Å². The van der Waals surface area contributed by atoms with Gasteiger partial charge in [-0.15, -0.1) is 0 Å². The monoisotopic (exact) mass is 384 g/mol. The molecule has 0 bridgehead atoms. The lowest BCUT2D eigenvalue weighted by Crippen LogP contribution is -2.34. The number of hydrogen-bond donors (Lipinski definition) is 3. The molecule has 0 radical (unpaired) electrons. The maximum absolute atomic E-state index is 12.7. The van der Waals surface area contributed by atoms with Crippen LogP contribution in [0, 0.1) is 0 Å². The zero-order valence-electron chi connectivity index (χ0n) is 16.1. The van der Waals surface area contributed by atoms with Gasteiger partial charge in [-0.3, -0.25) is 14.4 Å². The predicted molar refractivity (Wildman–Crippen MR) is 105 cm³/mol. The van der Waals surface area contributed by atoms with E-state index in [9.17, 15) is 14.4 Å². The second-order valence-corrected chi connectivity index (χ2v) is 6.85. The minimum absolute atomic E-state index is 0.0683. The smallest absolute Gasteiger partial charge is 0.322 e. The van der Waals surface area contributed by atoms with Crippen LogP contribution < -0.4 is 15.4 Å². The minimum Gasteiger partial charge on any atom is -0.497 e. The summed E-state index contributed by atoms with van der Waals surface area (Å²) in [5.41, 5.74) is 1.44. The number of methoxy groups -OCH3 is 1. The first-order valence-corrected chi connectivity index (χ1v) is 8.76. The van der Waals surface area contributed by atoms with Crippen molar-refractivity contribution in [2.24, 2.45) is 0 Å². The highest BCUT2D eigenvalue weighted by Crippen LogP contribution is 2.27. The Morgan fingerprint density at radius 2 is 1.61 bits per heavy atom. The molecule has 0 heterocycles. The number of anilines is 1. The molecule has 7 nitrogen and oxygen atoms in total. The molecular formula is C21H24N2O5. The lowest BCUT2D eigenvalue weighted by molar-refractivity contribution is -0.137. The van der Waals surface area contributed by atoms with Crippen LogP contribution in [0.25, 0.3) is 0 Å². The molecule has 2 amide bonds. The molecule has 0 saturated carbocycles. The third kappa shape index (κ3) is 5.57. The Kier molecular flexibility index (Phi) is 6.76. The third-order valence-corrected chi connectivity index (χ3v) is 4.39. The van der Waals surface area contributed by atoms with Crippen molar-refractivity contribution in [1.29, 1.82) is 0 Å². The average molecular weight is 384 g/mol. The molecule has 3 N–H and O–H groups in total. The van der Waals surface area contributed by atoms with E-state index in [1.807, 2.05) is 38.1 Å². The van der Waals surface area contributed by atoms with Gasteiger partial charge in [-0.2, -0.15) is 0 Å². The van der Waals surface area contributed by atoms with Gasteiger partial charge >= 0.3 is 5.97 Å². The summed E-state index contributed by atoms with van der Waals surface area (Å²) in [6.45, 7) is 3.27. The summed E-state index contributed by atoms with van der Waals surface area (Å²) in [7, 11) is 1.59. The summed E-state index contributed by atoms with van der Waals surface area (Å²) in [6, 6.07) is 14.2. The molecule has 2 rings (SSSR count). The van der Waals surface area contributed by atoms with Crippen molar-refractivity contribution in [1.82, 2.24) is 5.32 Å².